The first-order chi connectivity index (χ1) is 10.1. The molecule has 0 aromatic heterocycles. The van der Waals surface area contributed by atoms with Crippen LogP contribution >= 0.6 is 0 Å². The van der Waals surface area contributed by atoms with Gasteiger partial charge < -0.3 is 15.7 Å². The Hall–Kier alpha value is -1.55. The molecule has 1 amide bonds. The molecule has 0 atom stereocenters. The lowest BCUT2D eigenvalue weighted by Gasteiger charge is -2.36. The molecule has 1 aromatic carbocycles. The third-order valence-corrected chi connectivity index (χ3v) is 4.71. The number of nitrogens with one attached hydrogen (secondary N) is 2. The Morgan fingerprint density at radius 2 is 2.00 bits per heavy atom. The van der Waals surface area contributed by atoms with Gasteiger partial charge in [0, 0.05) is 30.3 Å². The quantitative estimate of drug-likeness (QED) is 0.781. The van der Waals surface area contributed by atoms with E-state index in [-0.39, 0.29) is 17.9 Å². The van der Waals surface area contributed by atoms with Crippen LogP contribution < -0.4 is 10.6 Å². The van der Waals surface area contributed by atoms with Crippen molar-refractivity contribution in [1.29, 1.82) is 0 Å². The van der Waals surface area contributed by atoms with Crippen molar-refractivity contribution in [3.05, 3.63) is 29.3 Å². The zero-order valence-corrected chi connectivity index (χ0v) is 13.0. The lowest BCUT2D eigenvalue weighted by Crippen LogP contribution is -2.35. The number of hydrogen-bond acceptors (Lipinski definition) is 3. The maximum absolute atomic E-state index is 11.8. The monoisotopic (exact) mass is 290 g/mol. The Balaban J connectivity index is 2.11. The molecule has 3 N–H and O–H groups in total. The van der Waals surface area contributed by atoms with E-state index in [2.05, 4.69) is 10.6 Å². The maximum atomic E-state index is 11.8. The third-order valence-electron chi connectivity index (χ3n) is 4.71. The third kappa shape index (κ3) is 3.56. The number of carbonyl (C=O) groups excluding carboxylic acids is 1. The van der Waals surface area contributed by atoms with Crippen LogP contribution in [-0.2, 0) is 0 Å². The zero-order valence-electron chi connectivity index (χ0n) is 13.0. The molecule has 1 aliphatic rings. The van der Waals surface area contributed by atoms with Gasteiger partial charge in [-0.1, -0.05) is 25.3 Å². The van der Waals surface area contributed by atoms with Gasteiger partial charge in [-0.3, -0.25) is 4.79 Å². The predicted molar refractivity (Wildman–Crippen MR) is 85.7 cm³/mol. The Bertz CT molecular complexity index is 494. The number of hydrogen-bond donors (Lipinski definition) is 3. The van der Waals surface area contributed by atoms with Crippen molar-refractivity contribution >= 4 is 11.6 Å². The standard InChI is InChI=1S/C17H26N2O2/c1-13-14(16(21)18-2)7-6-8-15(13)19-11-17(12-20)9-4-3-5-10-17/h6-8,19-20H,3-5,9-12H2,1-2H3,(H,18,21). The van der Waals surface area contributed by atoms with Gasteiger partial charge in [0.2, 0.25) is 0 Å². The van der Waals surface area contributed by atoms with Crippen LogP contribution in [0.15, 0.2) is 18.2 Å². The second kappa shape index (κ2) is 6.94. The van der Waals surface area contributed by atoms with E-state index >= 15 is 0 Å². The van der Waals surface area contributed by atoms with E-state index < -0.39 is 0 Å². The van der Waals surface area contributed by atoms with E-state index in [1.54, 1.807) is 7.05 Å². The predicted octanol–water partition coefficient (Wildman–Crippen LogP) is 2.71. The van der Waals surface area contributed by atoms with E-state index in [1.807, 2.05) is 25.1 Å². The Morgan fingerprint density at radius 1 is 1.29 bits per heavy atom. The summed E-state index contributed by atoms with van der Waals surface area (Å²) in [5, 5.41) is 15.9. The summed E-state index contributed by atoms with van der Waals surface area (Å²) in [7, 11) is 1.64. The minimum atomic E-state index is -0.0642. The van der Waals surface area contributed by atoms with Gasteiger partial charge in [0.05, 0.1) is 6.61 Å². The van der Waals surface area contributed by atoms with Gasteiger partial charge in [0.25, 0.3) is 5.91 Å². The summed E-state index contributed by atoms with van der Waals surface area (Å²) in [4.78, 5) is 11.8. The number of rotatable bonds is 5. The molecule has 1 aliphatic carbocycles. The van der Waals surface area contributed by atoms with Crippen LogP contribution in [-0.4, -0.2) is 31.2 Å². The van der Waals surface area contributed by atoms with Gasteiger partial charge >= 0.3 is 0 Å². The van der Waals surface area contributed by atoms with Crippen LogP contribution in [0.5, 0.6) is 0 Å². The van der Waals surface area contributed by atoms with E-state index in [0.29, 0.717) is 5.56 Å². The van der Waals surface area contributed by atoms with E-state index in [9.17, 15) is 9.90 Å². The first-order valence-electron chi connectivity index (χ1n) is 7.78. The number of aliphatic hydroxyl groups excluding tert-OH is 1. The minimum absolute atomic E-state index is 0.00624. The molecule has 0 bridgehead atoms. The molecule has 116 valence electrons. The average Bonchev–Trinajstić information content (AvgIpc) is 2.54. The first kappa shape index (κ1) is 15.8. The molecule has 0 radical (unpaired) electrons. The normalized spacial score (nSPS) is 17.3. The molecular formula is C17H26N2O2. The van der Waals surface area contributed by atoms with Crippen LogP contribution in [0, 0.1) is 12.3 Å². The summed E-state index contributed by atoms with van der Waals surface area (Å²) < 4.78 is 0. The number of aliphatic hydroxyl groups is 1. The molecule has 4 heteroatoms. The summed E-state index contributed by atoms with van der Waals surface area (Å²) in [5.41, 5.74) is 2.63. The minimum Gasteiger partial charge on any atom is -0.396 e. The molecule has 1 saturated carbocycles. The molecule has 0 aliphatic heterocycles. The summed E-state index contributed by atoms with van der Waals surface area (Å²) in [6.45, 7) is 2.95. The van der Waals surface area contributed by atoms with Crippen LogP contribution in [0.3, 0.4) is 0 Å². The van der Waals surface area contributed by atoms with E-state index in [1.165, 1.54) is 19.3 Å². The number of anilines is 1. The summed E-state index contributed by atoms with van der Waals surface area (Å²) in [5.74, 6) is -0.0642. The molecule has 0 spiro atoms. The Morgan fingerprint density at radius 3 is 2.62 bits per heavy atom. The molecule has 2 rings (SSSR count). The fourth-order valence-electron chi connectivity index (χ4n) is 3.18. The molecule has 4 nitrogen and oxygen atoms in total. The molecule has 0 saturated heterocycles. The van der Waals surface area contributed by atoms with Crippen LogP contribution in [0.25, 0.3) is 0 Å². The average molecular weight is 290 g/mol. The highest BCUT2D eigenvalue weighted by molar-refractivity contribution is 5.96. The van der Waals surface area contributed by atoms with Crippen molar-refractivity contribution in [3.8, 4) is 0 Å². The summed E-state index contributed by atoms with van der Waals surface area (Å²) in [6.07, 6.45) is 5.81. The van der Waals surface area contributed by atoms with Crippen molar-refractivity contribution in [2.75, 3.05) is 25.5 Å². The Labute approximate surface area is 126 Å². The van der Waals surface area contributed by atoms with E-state index in [4.69, 9.17) is 0 Å². The lowest BCUT2D eigenvalue weighted by molar-refractivity contribution is 0.0943. The second-order valence-electron chi connectivity index (χ2n) is 6.13. The number of amides is 1. The zero-order chi connectivity index (χ0) is 15.3. The summed E-state index contributed by atoms with van der Waals surface area (Å²) >= 11 is 0. The van der Waals surface area contributed by atoms with Crippen molar-refractivity contribution in [1.82, 2.24) is 5.32 Å². The van der Waals surface area contributed by atoms with Crippen LogP contribution in [0.2, 0.25) is 0 Å². The Kier molecular flexibility index (Phi) is 5.23. The topological polar surface area (TPSA) is 61.4 Å². The van der Waals surface area contributed by atoms with Gasteiger partial charge in [-0.25, -0.2) is 0 Å². The van der Waals surface area contributed by atoms with Gasteiger partial charge in [-0.2, -0.15) is 0 Å². The molecule has 0 heterocycles. The van der Waals surface area contributed by atoms with Crippen molar-refractivity contribution in [2.45, 2.75) is 39.0 Å². The van der Waals surface area contributed by atoms with Gasteiger partial charge in [-0.05, 0) is 37.5 Å². The van der Waals surface area contributed by atoms with Gasteiger partial charge in [0.1, 0.15) is 0 Å². The van der Waals surface area contributed by atoms with Crippen molar-refractivity contribution in [2.24, 2.45) is 5.41 Å². The maximum Gasteiger partial charge on any atom is 0.251 e. The highest BCUT2D eigenvalue weighted by Gasteiger charge is 2.31. The first-order valence-corrected chi connectivity index (χ1v) is 7.78. The van der Waals surface area contributed by atoms with Gasteiger partial charge in [-0.15, -0.1) is 0 Å². The van der Waals surface area contributed by atoms with Crippen molar-refractivity contribution in [3.63, 3.8) is 0 Å². The molecule has 1 aromatic rings. The molecular weight excluding hydrogens is 264 g/mol. The fraction of sp³-hybridized carbons (Fsp3) is 0.588. The van der Waals surface area contributed by atoms with Gasteiger partial charge in [0.15, 0.2) is 0 Å². The molecule has 21 heavy (non-hydrogen) atoms. The number of carbonyl (C=O) groups is 1. The SMILES string of the molecule is CNC(=O)c1cccc(NCC2(CO)CCCCC2)c1C. The van der Waals surface area contributed by atoms with E-state index in [0.717, 1.165) is 30.6 Å². The lowest BCUT2D eigenvalue weighted by atomic mass is 9.74. The smallest absolute Gasteiger partial charge is 0.251 e. The van der Waals surface area contributed by atoms with Crippen LogP contribution in [0.1, 0.15) is 48.0 Å². The second-order valence-corrected chi connectivity index (χ2v) is 6.13. The number of benzene rings is 1. The van der Waals surface area contributed by atoms with Crippen molar-refractivity contribution < 1.29 is 9.90 Å². The highest BCUT2D eigenvalue weighted by Crippen LogP contribution is 2.36. The molecule has 0 unspecified atom stereocenters. The molecule has 1 fully saturated rings. The fourth-order valence-corrected chi connectivity index (χ4v) is 3.18. The largest absolute Gasteiger partial charge is 0.396 e. The van der Waals surface area contributed by atoms with Crippen LogP contribution in [0.4, 0.5) is 5.69 Å². The summed E-state index contributed by atoms with van der Waals surface area (Å²) in [6, 6.07) is 5.73. The highest BCUT2D eigenvalue weighted by atomic mass is 16.3.